The van der Waals surface area contributed by atoms with Crippen LogP contribution in [0.2, 0.25) is 0 Å². The average Bonchev–Trinajstić information content (AvgIpc) is 3.13. The summed E-state index contributed by atoms with van der Waals surface area (Å²) in [7, 11) is 0. The van der Waals surface area contributed by atoms with E-state index in [0.29, 0.717) is 16.3 Å². The quantitative estimate of drug-likeness (QED) is 0.485. The van der Waals surface area contributed by atoms with E-state index >= 15 is 0 Å². The summed E-state index contributed by atoms with van der Waals surface area (Å²) in [6, 6.07) is 19.9. The van der Waals surface area contributed by atoms with E-state index in [1.54, 1.807) is 11.8 Å². The van der Waals surface area contributed by atoms with E-state index in [2.05, 4.69) is 10.1 Å². The highest BCUT2D eigenvalue weighted by Gasteiger charge is 2.21. The molecule has 2 aromatic heterocycles. The first kappa shape index (κ1) is 15.5. The molecule has 0 unspecified atom stereocenters. The molecule has 0 saturated heterocycles. The minimum atomic E-state index is -0.106. The molecule has 1 aliphatic heterocycles. The van der Waals surface area contributed by atoms with Gasteiger partial charge in [-0.3, -0.25) is 4.79 Å². The van der Waals surface area contributed by atoms with Crippen molar-refractivity contribution in [1.82, 2.24) is 9.66 Å². The Balaban J connectivity index is 1.73. The van der Waals surface area contributed by atoms with E-state index in [1.165, 1.54) is 16.0 Å². The molecule has 6 heteroatoms. The van der Waals surface area contributed by atoms with E-state index in [4.69, 9.17) is 0 Å². The molecule has 1 aliphatic rings. The second-order valence-corrected chi connectivity index (χ2v) is 7.71. The van der Waals surface area contributed by atoms with E-state index in [1.807, 2.05) is 66.0 Å². The van der Waals surface area contributed by atoms with Crippen molar-refractivity contribution < 1.29 is 0 Å². The SMILES string of the molecule is O=c1c2c(-c3ccccc3)csc2nc2n1N=C(c1ccccc1)CS2. The fraction of sp³-hybridized carbons (Fsp3) is 0.0500. The standard InChI is InChI=1S/C20H13N3OS2/c24-19-17-15(13-7-3-1-4-8-13)11-25-18(17)21-20-23(19)22-16(12-26-20)14-9-5-2-6-10-14/h1-11H,12H2. The Morgan fingerprint density at radius 3 is 2.35 bits per heavy atom. The largest absolute Gasteiger partial charge is 0.284 e. The zero-order chi connectivity index (χ0) is 17.5. The predicted octanol–water partition coefficient (Wildman–Crippen LogP) is 4.48. The van der Waals surface area contributed by atoms with E-state index in [0.717, 1.165) is 27.2 Å². The average molecular weight is 375 g/mol. The minimum absolute atomic E-state index is 0.106. The number of aromatic nitrogens is 2. The van der Waals surface area contributed by atoms with Crippen LogP contribution in [0.15, 0.2) is 81.1 Å². The van der Waals surface area contributed by atoms with Crippen molar-refractivity contribution in [2.45, 2.75) is 5.16 Å². The molecule has 0 atom stereocenters. The van der Waals surface area contributed by atoms with Crippen LogP contribution in [-0.2, 0) is 0 Å². The lowest BCUT2D eigenvalue weighted by atomic mass is 10.1. The Morgan fingerprint density at radius 1 is 0.923 bits per heavy atom. The van der Waals surface area contributed by atoms with Gasteiger partial charge >= 0.3 is 0 Å². The minimum Gasteiger partial charge on any atom is -0.266 e. The lowest BCUT2D eigenvalue weighted by Crippen LogP contribution is -2.25. The summed E-state index contributed by atoms with van der Waals surface area (Å²) in [4.78, 5) is 18.7. The predicted molar refractivity (Wildman–Crippen MR) is 108 cm³/mol. The van der Waals surface area contributed by atoms with Gasteiger partial charge in [-0.05, 0) is 11.1 Å². The van der Waals surface area contributed by atoms with Crippen LogP contribution in [0, 0.1) is 0 Å². The summed E-state index contributed by atoms with van der Waals surface area (Å²) < 4.78 is 1.46. The third-order valence-electron chi connectivity index (χ3n) is 4.31. The van der Waals surface area contributed by atoms with Gasteiger partial charge in [0.1, 0.15) is 4.83 Å². The van der Waals surface area contributed by atoms with Crippen LogP contribution in [0.25, 0.3) is 21.3 Å². The summed E-state index contributed by atoms with van der Waals surface area (Å²) in [5.41, 5.74) is 3.76. The van der Waals surface area contributed by atoms with Crippen LogP contribution < -0.4 is 5.56 Å². The number of fused-ring (bicyclic) bond motifs is 2. The number of rotatable bonds is 2. The number of benzene rings is 2. The van der Waals surface area contributed by atoms with Crippen molar-refractivity contribution >= 4 is 39.0 Å². The maximum atomic E-state index is 13.2. The van der Waals surface area contributed by atoms with Gasteiger partial charge in [0, 0.05) is 16.7 Å². The van der Waals surface area contributed by atoms with Crippen molar-refractivity contribution in [3.05, 3.63) is 82.0 Å². The molecule has 0 bridgehead atoms. The molecule has 0 N–H and O–H groups in total. The van der Waals surface area contributed by atoms with Crippen LogP contribution in [0.3, 0.4) is 0 Å². The molecule has 5 rings (SSSR count). The fourth-order valence-corrected chi connectivity index (χ4v) is 4.92. The van der Waals surface area contributed by atoms with Gasteiger partial charge in [0.05, 0.1) is 11.1 Å². The maximum Gasteiger partial charge on any atom is 0.284 e. The van der Waals surface area contributed by atoms with Crippen LogP contribution in [0.4, 0.5) is 0 Å². The summed E-state index contributed by atoms with van der Waals surface area (Å²) >= 11 is 3.06. The second kappa shape index (κ2) is 6.23. The number of thioether (sulfide) groups is 1. The van der Waals surface area contributed by atoms with Crippen molar-refractivity contribution in [2.75, 3.05) is 5.75 Å². The monoisotopic (exact) mass is 375 g/mol. The van der Waals surface area contributed by atoms with Gasteiger partial charge in [-0.1, -0.05) is 72.4 Å². The molecular formula is C20H13N3OS2. The first-order valence-electron chi connectivity index (χ1n) is 8.17. The molecule has 0 spiro atoms. The van der Waals surface area contributed by atoms with Crippen molar-refractivity contribution in [3.8, 4) is 11.1 Å². The number of nitrogens with zero attached hydrogens (tertiary/aromatic N) is 3. The first-order valence-corrected chi connectivity index (χ1v) is 10.0. The molecule has 3 heterocycles. The molecule has 0 aliphatic carbocycles. The molecule has 0 fully saturated rings. The van der Waals surface area contributed by atoms with Crippen molar-refractivity contribution in [3.63, 3.8) is 0 Å². The van der Waals surface area contributed by atoms with Crippen LogP contribution in [-0.4, -0.2) is 21.1 Å². The molecule has 4 aromatic rings. The number of hydrogen-bond donors (Lipinski definition) is 0. The van der Waals surface area contributed by atoms with Gasteiger partial charge in [0.25, 0.3) is 5.56 Å². The third kappa shape index (κ3) is 2.50. The van der Waals surface area contributed by atoms with Gasteiger partial charge in [-0.25, -0.2) is 4.98 Å². The van der Waals surface area contributed by atoms with E-state index < -0.39 is 0 Å². The van der Waals surface area contributed by atoms with Crippen LogP contribution in [0.1, 0.15) is 5.56 Å². The lowest BCUT2D eigenvalue weighted by molar-refractivity contribution is 0.700. The van der Waals surface area contributed by atoms with E-state index in [9.17, 15) is 4.79 Å². The van der Waals surface area contributed by atoms with Gasteiger partial charge in [-0.15, -0.1) is 11.3 Å². The van der Waals surface area contributed by atoms with E-state index in [-0.39, 0.29) is 5.56 Å². The molecule has 26 heavy (non-hydrogen) atoms. The molecule has 126 valence electrons. The summed E-state index contributed by atoms with van der Waals surface area (Å²) in [6.45, 7) is 0. The van der Waals surface area contributed by atoms with Gasteiger partial charge in [-0.2, -0.15) is 9.78 Å². The lowest BCUT2D eigenvalue weighted by Gasteiger charge is -2.15. The van der Waals surface area contributed by atoms with Crippen LogP contribution >= 0.6 is 23.1 Å². The number of hydrogen-bond acceptors (Lipinski definition) is 5. The smallest absolute Gasteiger partial charge is 0.266 e. The van der Waals surface area contributed by atoms with Crippen molar-refractivity contribution in [2.24, 2.45) is 5.10 Å². The molecule has 0 radical (unpaired) electrons. The second-order valence-electron chi connectivity index (χ2n) is 5.91. The highest BCUT2D eigenvalue weighted by Crippen LogP contribution is 2.33. The Bertz CT molecular complexity index is 1190. The summed E-state index contributed by atoms with van der Waals surface area (Å²) in [5, 5.41) is 7.93. The highest BCUT2D eigenvalue weighted by molar-refractivity contribution is 7.99. The molecule has 4 nitrogen and oxygen atoms in total. The fourth-order valence-electron chi connectivity index (χ4n) is 3.03. The summed E-state index contributed by atoms with van der Waals surface area (Å²) in [5.74, 6) is 0.707. The third-order valence-corrected chi connectivity index (χ3v) is 6.12. The highest BCUT2D eigenvalue weighted by atomic mass is 32.2. The van der Waals surface area contributed by atoms with Crippen LogP contribution in [0.5, 0.6) is 0 Å². The molecule has 0 saturated carbocycles. The molecule has 2 aromatic carbocycles. The Morgan fingerprint density at radius 2 is 1.62 bits per heavy atom. The zero-order valence-corrected chi connectivity index (χ0v) is 15.3. The molecule has 0 amide bonds. The Hall–Kier alpha value is -2.70. The Labute approximate surface area is 157 Å². The maximum absolute atomic E-state index is 13.2. The number of thiophene rings is 1. The topological polar surface area (TPSA) is 47.2 Å². The van der Waals surface area contributed by atoms with Gasteiger partial charge in [0.15, 0.2) is 5.16 Å². The van der Waals surface area contributed by atoms with Gasteiger partial charge in [0.2, 0.25) is 0 Å². The van der Waals surface area contributed by atoms with Crippen molar-refractivity contribution in [1.29, 1.82) is 0 Å². The zero-order valence-electron chi connectivity index (χ0n) is 13.6. The molecular weight excluding hydrogens is 362 g/mol. The first-order chi connectivity index (χ1) is 12.8. The van der Waals surface area contributed by atoms with Gasteiger partial charge < -0.3 is 0 Å². The Kier molecular flexibility index (Phi) is 3.72. The normalized spacial score (nSPS) is 13.5. The summed E-state index contributed by atoms with van der Waals surface area (Å²) in [6.07, 6.45) is 0.